The molecule has 0 atom stereocenters. The minimum absolute atomic E-state index is 0.651. The average molecular weight is 618 g/mol. The zero-order valence-electron chi connectivity index (χ0n) is 25.3. The van der Waals surface area contributed by atoms with Crippen molar-refractivity contribution < 1.29 is 0 Å². The quantitative estimate of drug-likeness (QED) is 0.193. The molecule has 0 aliphatic carbocycles. The van der Waals surface area contributed by atoms with Crippen LogP contribution in [0.5, 0.6) is 0 Å². The Bertz CT molecular complexity index is 2570. The van der Waals surface area contributed by atoms with Crippen molar-refractivity contribution in [3.8, 4) is 56.4 Å². The van der Waals surface area contributed by atoms with Crippen molar-refractivity contribution in [3.63, 3.8) is 0 Å². The fourth-order valence-corrected chi connectivity index (χ4v) is 7.54. The normalized spacial score (nSPS) is 11.4. The van der Waals surface area contributed by atoms with Crippen molar-refractivity contribution in [2.24, 2.45) is 0 Å². The highest BCUT2D eigenvalue weighted by atomic mass is 32.1. The van der Waals surface area contributed by atoms with E-state index in [2.05, 4.69) is 158 Å². The molecule has 7 aromatic carbocycles. The van der Waals surface area contributed by atoms with Crippen LogP contribution in [-0.2, 0) is 0 Å². The molecule has 47 heavy (non-hydrogen) atoms. The number of fused-ring (bicyclic) bond motifs is 4. The third kappa shape index (κ3) is 5.05. The van der Waals surface area contributed by atoms with Crippen molar-refractivity contribution in [1.29, 1.82) is 0 Å². The summed E-state index contributed by atoms with van der Waals surface area (Å²) in [7, 11) is 0. The molecule has 0 aliphatic rings. The standard InChI is InChI=1S/C43H27N3S/c1-2-10-28(11-3-1)33-14-8-15-35(27-33)42-44-41(31-23-20-30(21-24-31)34-25-22-29-12-4-5-13-32(29)26-34)45-43(46-42)38-18-9-17-37-36-16-6-7-19-39(36)47-40(37)38/h1-27H. The van der Waals surface area contributed by atoms with Gasteiger partial charge in [0.05, 0.1) is 0 Å². The van der Waals surface area contributed by atoms with Crippen LogP contribution in [0, 0.1) is 0 Å². The maximum absolute atomic E-state index is 5.13. The molecule has 0 aliphatic heterocycles. The van der Waals surface area contributed by atoms with Gasteiger partial charge in [0, 0.05) is 36.9 Å². The molecular formula is C43H27N3S. The fourth-order valence-electron chi connectivity index (χ4n) is 6.33. The van der Waals surface area contributed by atoms with Crippen LogP contribution in [0.2, 0.25) is 0 Å². The first kappa shape index (κ1) is 27.3. The first-order valence-electron chi connectivity index (χ1n) is 15.7. The number of nitrogens with zero attached hydrogens (tertiary/aromatic N) is 3. The molecule has 0 saturated heterocycles. The van der Waals surface area contributed by atoms with Crippen LogP contribution in [0.1, 0.15) is 0 Å². The van der Waals surface area contributed by atoms with Crippen LogP contribution in [0.15, 0.2) is 164 Å². The first-order valence-corrected chi connectivity index (χ1v) is 16.5. The Morgan fingerprint density at radius 3 is 1.79 bits per heavy atom. The van der Waals surface area contributed by atoms with E-state index in [0.717, 1.165) is 33.4 Å². The van der Waals surface area contributed by atoms with Crippen molar-refractivity contribution in [2.45, 2.75) is 0 Å². The second-order valence-corrected chi connectivity index (χ2v) is 12.7. The number of rotatable bonds is 5. The van der Waals surface area contributed by atoms with Gasteiger partial charge in [0.15, 0.2) is 17.5 Å². The number of thiophene rings is 1. The summed E-state index contributed by atoms with van der Waals surface area (Å²) in [6.07, 6.45) is 0. The molecule has 9 rings (SSSR count). The van der Waals surface area contributed by atoms with Gasteiger partial charge in [0.2, 0.25) is 0 Å². The van der Waals surface area contributed by atoms with Crippen molar-refractivity contribution in [2.75, 3.05) is 0 Å². The number of hydrogen-bond donors (Lipinski definition) is 0. The monoisotopic (exact) mass is 617 g/mol. The SMILES string of the molecule is c1ccc(-c2cccc(-c3nc(-c4ccc(-c5ccc6ccccc6c5)cc4)nc(-c4cccc5c4sc4ccccc45)n3)c2)cc1. The van der Waals surface area contributed by atoms with E-state index < -0.39 is 0 Å². The van der Waals surface area contributed by atoms with E-state index in [9.17, 15) is 0 Å². The zero-order chi connectivity index (χ0) is 31.2. The molecule has 220 valence electrons. The van der Waals surface area contributed by atoms with Gasteiger partial charge in [0.1, 0.15) is 0 Å². The van der Waals surface area contributed by atoms with E-state index in [0.29, 0.717) is 17.5 Å². The Kier molecular flexibility index (Phi) is 6.65. The van der Waals surface area contributed by atoms with Crippen molar-refractivity contribution in [1.82, 2.24) is 15.0 Å². The lowest BCUT2D eigenvalue weighted by molar-refractivity contribution is 1.08. The molecule has 0 saturated carbocycles. The highest BCUT2D eigenvalue weighted by molar-refractivity contribution is 7.26. The van der Waals surface area contributed by atoms with Gasteiger partial charge in [0.25, 0.3) is 0 Å². The number of aromatic nitrogens is 3. The van der Waals surface area contributed by atoms with Crippen LogP contribution in [0.3, 0.4) is 0 Å². The van der Waals surface area contributed by atoms with Gasteiger partial charge in [-0.2, -0.15) is 0 Å². The van der Waals surface area contributed by atoms with Gasteiger partial charge in [-0.3, -0.25) is 0 Å². The lowest BCUT2D eigenvalue weighted by Crippen LogP contribution is -2.00. The molecule has 2 heterocycles. The van der Waals surface area contributed by atoms with Crippen LogP contribution >= 0.6 is 11.3 Å². The van der Waals surface area contributed by atoms with E-state index in [1.807, 2.05) is 6.07 Å². The van der Waals surface area contributed by atoms with E-state index in [-0.39, 0.29) is 0 Å². The third-order valence-corrected chi connectivity index (χ3v) is 9.95. The van der Waals surface area contributed by atoms with Gasteiger partial charge in [-0.1, -0.05) is 140 Å². The predicted molar refractivity (Wildman–Crippen MR) is 197 cm³/mol. The van der Waals surface area contributed by atoms with E-state index in [1.165, 1.54) is 36.5 Å². The maximum Gasteiger partial charge on any atom is 0.165 e. The number of benzene rings is 7. The summed E-state index contributed by atoms with van der Waals surface area (Å²) in [6.45, 7) is 0. The number of hydrogen-bond acceptors (Lipinski definition) is 4. The van der Waals surface area contributed by atoms with E-state index >= 15 is 0 Å². The highest BCUT2D eigenvalue weighted by Crippen LogP contribution is 2.40. The van der Waals surface area contributed by atoms with E-state index in [1.54, 1.807) is 11.3 Å². The highest BCUT2D eigenvalue weighted by Gasteiger charge is 2.17. The maximum atomic E-state index is 5.13. The predicted octanol–water partition coefficient (Wildman–Crippen LogP) is 11.7. The minimum Gasteiger partial charge on any atom is -0.208 e. The molecule has 0 N–H and O–H groups in total. The summed E-state index contributed by atoms with van der Waals surface area (Å²) in [5.74, 6) is 1.98. The molecule has 4 heteroatoms. The molecule has 0 unspecified atom stereocenters. The van der Waals surface area contributed by atoms with Gasteiger partial charge >= 0.3 is 0 Å². The zero-order valence-corrected chi connectivity index (χ0v) is 26.2. The Labute approximate surface area is 276 Å². The van der Waals surface area contributed by atoms with Crippen LogP contribution < -0.4 is 0 Å². The summed E-state index contributed by atoms with van der Waals surface area (Å²) < 4.78 is 2.44. The molecule has 0 amide bonds. The first-order chi connectivity index (χ1) is 23.3. The minimum atomic E-state index is 0.651. The van der Waals surface area contributed by atoms with Crippen molar-refractivity contribution >= 4 is 42.3 Å². The third-order valence-electron chi connectivity index (χ3n) is 8.73. The molecule has 3 nitrogen and oxygen atoms in total. The molecule has 0 radical (unpaired) electrons. The fraction of sp³-hybridized carbons (Fsp3) is 0. The summed E-state index contributed by atoms with van der Waals surface area (Å²) >= 11 is 1.79. The topological polar surface area (TPSA) is 38.7 Å². The largest absolute Gasteiger partial charge is 0.208 e. The molecule has 0 bridgehead atoms. The summed E-state index contributed by atoms with van der Waals surface area (Å²) in [6, 6.07) is 57.5. The van der Waals surface area contributed by atoms with Crippen LogP contribution in [0.25, 0.3) is 87.4 Å². The Hall–Kier alpha value is -5.97. The lowest BCUT2D eigenvalue weighted by atomic mass is 10.00. The van der Waals surface area contributed by atoms with Gasteiger partial charge in [-0.15, -0.1) is 11.3 Å². The molecule has 0 spiro atoms. The Balaban J connectivity index is 1.19. The van der Waals surface area contributed by atoms with Crippen LogP contribution in [0.4, 0.5) is 0 Å². The van der Waals surface area contributed by atoms with E-state index in [4.69, 9.17) is 15.0 Å². The summed E-state index contributed by atoms with van der Waals surface area (Å²) in [4.78, 5) is 15.3. The smallest absolute Gasteiger partial charge is 0.165 e. The molecule has 2 aromatic heterocycles. The van der Waals surface area contributed by atoms with Gasteiger partial charge < -0.3 is 0 Å². The average Bonchev–Trinajstić information content (AvgIpc) is 3.54. The van der Waals surface area contributed by atoms with Crippen LogP contribution in [-0.4, -0.2) is 15.0 Å². The summed E-state index contributed by atoms with van der Waals surface area (Å²) in [5, 5.41) is 4.94. The Morgan fingerprint density at radius 2 is 0.915 bits per heavy atom. The Morgan fingerprint density at radius 1 is 0.340 bits per heavy atom. The van der Waals surface area contributed by atoms with Gasteiger partial charge in [-0.05, 0) is 57.3 Å². The second kappa shape index (κ2) is 11.4. The molecule has 9 aromatic rings. The lowest BCUT2D eigenvalue weighted by Gasteiger charge is -2.11. The summed E-state index contributed by atoms with van der Waals surface area (Å²) in [5.41, 5.74) is 7.53. The van der Waals surface area contributed by atoms with Crippen molar-refractivity contribution in [3.05, 3.63) is 164 Å². The molecular weight excluding hydrogens is 591 g/mol. The molecule has 0 fully saturated rings. The van der Waals surface area contributed by atoms with Gasteiger partial charge in [-0.25, -0.2) is 15.0 Å². The second-order valence-electron chi connectivity index (χ2n) is 11.7.